The van der Waals surface area contributed by atoms with E-state index in [0.717, 1.165) is 44.4 Å². The SMILES string of the molecule is CCCCC(=O)O[C@@H](C1CCC2C(CC3C4CCC5C(C)(C)[C@@H](O)CC[C@@]56C[C@@]46CCC23C)O1)C(C)(C)O. The minimum Gasteiger partial charge on any atom is -0.457 e. The summed E-state index contributed by atoms with van der Waals surface area (Å²) < 4.78 is 12.8. The number of fused-ring (bicyclic) bond motifs is 4. The first-order valence-corrected chi connectivity index (χ1v) is 16.1. The number of unbranched alkanes of at least 4 members (excludes halogenated alkanes) is 1. The third kappa shape index (κ3) is 3.76. The van der Waals surface area contributed by atoms with Crippen LogP contribution in [0.25, 0.3) is 0 Å². The summed E-state index contributed by atoms with van der Waals surface area (Å²) in [5.41, 5.74) is 0.197. The van der Waals surface area contributed by atoms with Gasteiger partial charge in [-0.25, -0.2) is 0 Å². The average molecular weight is 531 g/mol. The molecule has 0 aromatic heterocycles. The second-order valence-electron chi connectivity index (χ2n) is 16.0. The van der Waals surface area contributed by atoms with Gasteiger partial charge in [-0.1, -0.05) is 34.1 Å². The summed E-state index contributed by atoms with van der Waals surface area (Å²) >= 11 is 0. The van der Waals surface area contributed by atoms with E-state index in [1.165, 1.54) is 38.5 Å². The number of aliphatic hydroxyl groups excluding tert-OH is 1. The van der Waals surface area contributed by atoms with Gasteiger partial charge in [-0.3, -0.25) is 4.79 Å². The molecule has 0 aromatic rings. The molecule has 0 amide bonds. The van der Waals surface area contributed by atoms with Crippen LogP contribution in [0.3, 0.4) is 0 Å². The van der Waals surface area contributed by atoms with Crippen LogP contribution in [0.5, 0.6) is 0 Å². The van der Waals surface area contributed by atoms with E-state index < -0.39 is 11.7 Å². The molecule has 216 valence electrons. The third-order valence-electron chi connectivity index (χ3n) is 13.6. The lowest BCUT2D eigenvalue weighted by molar-refractivity contribution is -0.202. The van der Waals surface area contributed by atoms with Crippen molar-refractivity contribution in [3.63, 3.8) is 0 Å². The van der Waals surface area contributed by atoms with Gasteiger partial charge in [0.1, 0.15) is 0 Å². The van der Waals surface area contributed by atoms with Crippen molar-refractivity contribution in [1.29, 1.82) is 0 Å². The van der Waals surface area contributed by atoms with Gasteiger partial charge in [0.05, 0.1) is 23.9 Å². The molecular weight excluding hydrogens is 476 g/mol. The smallest absolute Gasteiger partial charge is 0.306 e. The molecule has 2 spiro atoms. The fourth-order valence-electron chi connectivity index (χ4n) is 11.7. The van der Waals surface area contributed by atoms with E-state index in [9.17, 15) is 15.0 Å². The molecule has 0 bridgehead atoms. The first-order valence-electron chi connectivity index (χ1n) is 16.1. The van der Waals surface area contributed by atoms with E-state index in [0.29, 0.717) is 40.4 Å². The molecule has 5 heteroatoms. The number of carbonyl (C=O) groups excluding carboxylic acids is 1. The zero-order valence-corrected chi connectivity index (χ0v) is 24.9. The van der Waals surface area contributed by atoms with Crippen molar-refractivity contribution in [3.05, 3.63) is 0 Å². The molecule has 6 aliphatic rings. The van der Waals surface area contributed by atoms with Gasteiger partial charge in [0.25, 0.3) is 0 Å². The van der Waals surface area contributed by atoms with Gasteiger partial charge >= 0.3 is 5.97 Å². The molecule has 0 radical (unpaired) electrons. The van der Waals surface area contributed by atoms with Gasteiger partial charge in [0, 0.05) is 6.42 Å². The highest BCUT2D eigenvalue weighted by Gasteiger charge is 2.80. The van der Waals surface area contributed by atoms with Crippen LogP contribution in [0.4, 0.5) is 0 Å². The fraction of sp³-hybridized carbons (Fsp3) is 0.970. The molecule has 1 heterocycles. The van der Waals surface area contributed by atoms with Crippen LogP contribution in [-0.2, 0) is 14.3 Å². The summed E-state index contributed by atoms with van der Waals surface area (Å²) in [5.74, 6) is 2.51. The molecule has 1 aliphatic heterocycles. The van der Waals surface area contributed by atoms with E-state index in [1.54, 1.807) is 13.8 Å². The van der Waals surface area contributed by atoms with Gasteiger partial charge in [-0.2, -0.15) is 0 Å². The Morgan fingerprint density at radius 1 is 1.00 bits per heavy atom. The second kappa shape index (κ2) is 8.92. The Morgan fingerprint density at radius 2 is 1.74 bits per heavy atom. The van der Waals surface area contributed by atoms with Crippen LogP contribution < -0.4 is 0 Å². The lowest BCUT2D eigenvalue weighted by Crippen LogP contribution is -2.54. The quantitative estimate of drug-likeness (QED) is 0.387. The summed E-state index contributed by atoms with van der Waals surface area (Å²) in [6.07, 6.45) is 13.3. The van der Waals surface area contributed by atoms with Crippen molar-refractivity contribution < 1.29 is 24.5 Å². The Balaban J connectivity index is 1.20. The maximum Gasteiger partial charge on any atom is 0.306 e. The maximum atomic E-state index is 12.6. The maximum absolute atomic E-state index is 12.6. The third-order valence-corrected chi connectivity index (χ3v) is 13.6. The largest absolute Gasteiger partial charge is 0.457 e. The lowest BCUT2D eigenvalue weighted by Gasteiger charge is -2.59. The van der Waals surface area contributed by atoms with Gasteiger partial charge in [-0.15, -0.1) is 0 Å². The molecule has 5 saturated carbocycles. The first kappa shape index (κ1) is 27.5. The first-order chi connectivity index (χ1) is 17.8. The average Bonchev–Trinajstić information content (AvgIpc) is 3.43. The summed E-state index contributed by atoms with van der Waals surface area (Å²) in [7, 11) is 0. The molecule has 38 heavy (non-hydrogen) atoms. The summed E-state index contributed by atoms with van der Waals surface area (Å²) in [4.78, 5) is 12.6. The number of ether oxygens (including phenoxy) is 2. The number of hydrogen-bond donors (Lipinski definition) is 2. The van der Waals surface area contributed by atoms with Crippen molar-refractivity contribution in [3.8, 4) is 0 Å². The zero-order chi connectivity index (χ0) is 27.3. The molecular formula is C33H54O5. The van der Waals surface area contributed by atoms with E-state index in [1.807, 2.05) is 0 Å². The van der Waals surface area contributed by atoms with Crippen molar-refractivity contribution in [2.45, 2.75) is 155 Å². The topological polar surface area (TPSA) is 76.0 Å². The highest BCUT2D eigenvalue weighted by Crippen LogP contribution is 2.87. The minimum absolute atomic E-state index is 0.0359. The Bertz CT molecular complexity index is 938. The Labute approximate surface area is 230 Å². The van der Waals surface area contributed by atoms with Gasteiger partial charge in [-0.05, 0) is 130 Å². The number of rotatable bonds is 6. The predicted molar refractivity (Wildman–Crippen MR) is 147 cm³/mol. The van der Waals surface area contributed by atoms with Crippen LogP contribution >= 0.6 is 0 Å². The zero-order valence-electron chi connectivity index (χ0n) is 24.9. The highest BCUT2D eigenvalue weighted by molar-refractivity contribution is 5.69. The van der Waals surface area contributed by atoms with E-state index in [4.69, 9.17) is 9.47 Å². The monoisotopic (exact) mass is 530 g/mol. The highest BCUT2D eigenvalue weighted by atomic mass is 16.6. The van der Waals surface area contributed by atoms with Crippen molar-refractivity contribution in [2.24, 2.45) is 45.3 Å². The van der Waals surface area contributed by atoms with Gasteiger partial charge in [0.2, 0.25) is 0 Å². The van der Waals surface area contributed by atoms with Crippen molar-refractivity contribution in [1.82, 2.24) is 0 Å². The molecule has 5 aliphatic carbocycles. The number of hydrogen-bond acceptors (Lipinski definition) is 5. The van der Waals surface area contributed by atoms with Crippen LogP contribution in [-0.4, -0.2) is 46.2 Å². The van der Waals surface area contributed by atoms with Crippen LogP contribution in [0.1, 0.15) is 125 Å². The van der Waals surface area contributed by atoms with Crippen molar-refractivity contribution >= 4 is 5.97 Å². The normalized spacial score (nSPS) is 49.5. The summed E-state index contributed by atoms with van der Waals surface area (Å²) in [6.45, 7) is 12.8. The standard InChI is InChI=1S/C33H54O5/c1-7-8-9-27(35)38-28(30(4,5)36)23-12-10-21-24(37-23)18-22-20-11-13-25-29(2,3)26(34)14-15-33(25)19-32(20,33)17-16-31(21,22)6/h20-26,28,34,36H,7-19H2,1-6H3/t20?,21?,22?,23?,24?,25?,26-,28-,31?,32-,33+/m0/s1. The second-order valence-corrected chi connectivity index (χ2v) is 16.0. The van der Waals surface area contributed by atoms with E-state index in [-0.39, 0.29) is 29.7 Å². The molecule has 5 nitrogen and oxygen atoms in total. The van der Waals surface area contributed by atoms with E-state index in [2.05, 4.69) is 27.7 Å². The fourth-order valence-corrected chi connectivity index (χ4v) is 11.7. The van der Waals surface area contributed by atoms with Crippen molar-refractivity contribution in [2.75, 3.05) is 0 Å². The number of aliphatic hydroxyl groups is 2. The molecule has 0 aromatic carbocycles. The van der Waals surface area contributed by atoms with Gasteiger partial charge < -0.3 is 19.7 Å². The van der Waals surface area contributed by atoms with Gasteiger partial charge in [0.15, 0.2) is 6.10 Å². The Kier molecular flexibility index (Phi) is 6.46. The van der Waals surface area contributed by atoms with E-state index >= 15 is 0 Å². The predicted octanol–water partition coefficient (Wildman–Crippen LogP) is 6.43. The molecule has 6 fully saturated rings. The minimum atomic E-state index is -1.13. The molecule has 11 atom stereocenters. The number of esters is 1. The summed E-state index contributed by atoms with van der Waals surface area (Å²) in [6, 6.07) is 0. The van der Waals surface area contributed by atoms with Crippen LogP contribution in [0, 0.1) is 45.3 Å². The molecule has 1 saturated heterocycles. The Hall–Kier alpha value is -0.650. The number of carbonyl (C=O) groups is 1. The van der Waals surface area contributed by atoms with Crippen LogP contribution in [0.15, 0.2) is 0 Å². The lowest BCUT2D eigenvalue weighted by atomic mass is 9.46. The Morgan fingerprint density at radius 3 is 2.45 bits per heavy atom. The molecule has 7 unspecified atom stereocenters. The molecule has 2 N–H and O–H groups in total. The van der Waals surface area contributed by atoms with Crippen LogP contribution in [0.2, 0.25) is 0 Å². The summed E-state index contributed by atoms with van der Waals surface area (Å²) in [5, 5.41) is 21.9. The molecule has 6 rings (SSSR count).